The maximum Gasteiger partial charge on any atom is 0.179 e. The van der Waals surface area contributed by atoms with Crippen molar-refractivity contribution in [1.29, 1.82) is 0 Å². The lowest BCUT2D eigenvalue weighted by Gasteiger charge is -2.30. The van der Waals surface area contributed by atoms with Gasteiger partial charge < -0.3 is 9.47 Å². The molecule has 0 aliphatic carbocycles. The number of hydrogen-bond acceptors (Lipinski definition) is 5. The fourth-order valence-electron chi connectivity index (χ4n) is 2.83. The van der Waals surface area contributed by atoms with Gasteiger partial charge in [-0.05, 0) is 42.9 Å². The number of halogens is 1. The Morgan fingerprint density at radius 1 is 1.12 bits per heavy atom. The van der Waals surface area contributed by atoms with Crippen LogP contribution in [0.4, 0.5) is 0 Å². The molecular formula is C19H22ClNO4S. The van der Waals surface area contributed by atoms with Crippen LogP contribution in [0.2, 0.25) is 5.02 Å². The molecule has 140 valence electrons. The highest BCUT2D eigenvalue weighted by molar-refractivity contribution is 7.91. The minimum atomic E-state index is -3.34. The van der Waals surface area contributed by atoms with E-state index in [-0.39, 0.29) is 11.9 Å². The summed E-state index contributed by atoms with van der Waals surface area (Å²) in [6.07, 6.45) is -0.122. The molecule has 0 spiro atoms. The summed E-state index contributed by atoms with van der Waals surface area (Å²) in [5.41, 5.74) is 0. The number of para-hydroxylation sites is 2. The Hall–Kier alpha value is -1.76. The fraction of sp³-hybridized carbons (Fsp3) is 0.368. The molecule has 0 unspecified atom stereocenters. The first kappa shape index (κ1) is 19.0. The van der Waals surface area contributed by atoms with Gasteiger partial charge in [-0.25, -0.2) is 8.42 Å². The summed E-state index contributed by atoms with van der Waals surface area (Å²) in [6.45, 7) is 4.24. The SMILES string of the molecule is CCN(CCS(=O)(=O)c1ccc(Cl)cc1)C[C@@H]1COc2ccccc2O1. The van der Waals surface area contributed by atoms with Crippen LogP contribution < -0.4 is 9.47 Å². The maximum atomic E-state index is 12.5. The number of sulfone groups is 1. The van der Waals surface area contributed by atoms with Gasteiger partial charge in [0.05, 0.1) is 10.6 Å². The molecule has 26 heavy (non-hydrogen) atoms. The highest BCUT2D eigenvalue weighted by Crippen LogP contribution is 2.31. The van der Waals surface area contributed by atoms with Crippen LogP contribution in [-0.4, -0.2) is 51.4 Å². The van der Waals surface area contributed by atoms with Crippen molar-refractivity contribution in [1.82, 2.24) is 4.90 Å². The Morgan fingerprint density at radius 2 is 1.81 bits per heavy atom. The minimum absolute atomic E-state index is 0.0483. The van der Waals surface area contributed by atoms with Crippen molar-refractivity contribution in [3.63, 3.8) is 0 Å². The molecule has 0 fully saturated rings. The van der Waals surface area contributed by atoms with Crippen LogP contribution in [0.3, 0.4) is 0 Å². The van der Waals surface area contributed by atoms with E-state index >= 15 is 0 Å². The van der Waals surface area contributed by atoms with Gasteiger partial charge in [-0.15, -0.1) is 0 Å². The molecule has 7 heteroatoms. The first-order valence-electron chi connectivity index (χ1n) is 8.57. The van der Waals surface area contributed by atoms with E-state index in [1.54, 1.807) is 24.3 Å². The zero-order chi connectivity index (χ0) is 18.6. The third-order valence-electron chi connectivity index (χ3n) is 4.33. The number of benzene rings is 2. The van der Waals surface area contributed by atoms with Gasteiger partial charge in [0, 0.05) is 18.1 Å². The van der Waals surface area contributed by atoms with E-state index in [4.69, 9.17) is 21.1 Å². The summed E-state index contributed by atoms with van der Waals surface area (Å²) < 4.78 is 36.7. The van der Waals surface area contributed by atoms with Gasteiger partial charge in [0.25, 0.3) is 0 Å². The molecular weight excluding hydrogens is 374 g/mol. The quantitative estimate of drug-likeness (QED) is 0.720. The lowest BCUT2D eigenvalue weighted by molar-refractivity contribution is 0.0617. The minimum Gasteiger partial charge on any atom is -0.486 e. The van der Waals surface area contributed by atoms with E-state index in [0.717, 1.165) is 18.0 Å². The van der Waals surface area contributed by atoms with Crippen molar-refractivity contribution >= 4 is 21.4 Å². The standard InChI is InChI=1S/C19H22ClNO4S/c1-2-21(11-12-26(22,23)17-9-7-15(20)8-10-17)13-16-14-24-18-5-3-4-6-19(18)25-16/h3-10,16H,2,11-14H2,1H3/t16-/m1/s1. The van der Waals surface area contributed by atoms with Crippen molar-refractivity contribution in [2.45, 2.75) is 17.9 Å². The number of hydrogen-bond donors (Lipinski definition) is 0. The highest BCUT2D eigenvalue weighted by atomic mass is 35.5. The van der Waals surface area contributed by atoms with Crippen molar-refractivity contribution < 1.29 is 17.9 Å². The molecule has 0 saturated carbocycles. The summed E-state index contributed by atoms with van der Waals surface area (Å²) in [6, 6.07) is 13.8. The molecule has 0 bridgehead atoms. The number of nitrogens with zero attached hydrogens (tertiary/aromatic N) is 1. The second-order valence-electron chi connectivity index (χ2n) is 6.16. The molecule has 0 saturated heterocycles. The van der Waals surface area contributed by atoms with Gasteiger partial charge in [-0.3, -0.25) is 4.90 Å². The zero-order valence-corrected chi connectivity index (χ0v) is 16.2. The number of rotatable bonds is 7. The largest absolute Gasteiger partial charge is 0.486 e. The lowest BCUT2D eigenvalue weighted by Crippen LogP contribution is -2.42. The molecule has 1 heterocycles. The van der Waals surface area contributed by atoms with Crippen LogP contribution >= 0.6 is 11.6 Å². The first-order valence-corrected chi connectivity index (χ1v) is 10.6. The first-order chi connectivity index (χ1) is 12.5. The highest BCUT2D eigenvalue weighted by Gasteiger charge is 2.24. The number of likely N-dealkylation sites (N-methyl/N-ethyl adjacent to an activating group) is 1. The second kappa shape index (κ2) is 8.29. The fourth-order valence-corrected chi connectivity index (χ4v) is 4.24. The van der Waals surface area contributed by atoms with Gasteiger partial charge in [-0.1, -0.05) is 30.7 Å². The molecule has 2 aromatic carbocycles. The van der Waals surface area contributed by atoms with Gasteiger partial charge >= 0.3 is 0 Å². The average molecular weight is 396 g/mol. The van der Waals surface area contributed by atoms with Crippen LogP contribution in [0.15, 0.2) is 53.4 Å². The van der Waals surface area contributed by atoms with Gasteiger partial charge in [0.1, 0.15) is 12.7 Å². The summed E-state index contributed by atoms with van der Waals surface area (Å²) in [7, 11) is -3.34. The van der Waals surface area contributed by atoms with Crippen molar-refractivity contribution in [2.24, 2.45) is 0 Å². The van der Waals surface area contributed by atoms with Crippen LogP contribution in [0.1, 0.15) is 6.92 Å². The van der Waals surface area contributed by atoms with Crippen LogP contribution in [0.5, 0.6) is 11.5 Å². The number of fused-ring (bicyclic) bond motifs is 1. The van der Waals surface area contributed by atoms with Gasteiger partial charge in [-0.2, -0.15) is 0 Å². The Labute approximate surface area is 159 Å². The van der Waals surface area contributed by atoms with E-state index in [2.05, 4.69) is 4.90 Å². The normalized spacial score (nSPS) is 16.7. The van der Waals surface area contributed by atoms with Gasteiger partial charge in [0.15, 0.2) is 21.3 Å². The molecule has 0 N–H and O–H groups in total. The molecule has 5 nitrogen and oxygen atoms in total. The van der Waals surface area contributed by atoms with Crippen molar-refractivity contribution in [3.05, 3.63) is 53.6 Å². The topological polar surface area (TPSA) is 55.8 Å². The van der Waals surface area contributed by atoms with E-state index in [1.165, 1.54) is 0 Å². The van der Waals surface area contributed by atoms with Crippen LogP contribution in [-0.2, 0) is 9.84 Å². The monoisotopic (exact) mass is 395 g/mol. The molecule has 0 amide bonds. The smallest absolute Gasteiger partial charge is 0.179 e. The Kier molecular flexibility index (Phi) is 6.06. The number of ether oxygens (including phenoxy) is 2. The van der Waals surface area contributed by atoms with E-state index in [9.17, 15) is 8.42 Å². The Morgan fingerprint density at radius 3 is 2.50 bits per heavy atom. The predicted octanol–water partition coefficient (Wildman–Crippen LogP) is 3.28. The Bertz CT molecular complexity index is 839. The predicted molar refractivity (Wildman–Crippen MR) is 102 cm³/mol. The lowest BCUT2D eigenvalue weighted by atomic mass is 10.2. The van der Waals surface area contributed by atoms with Gasteiger partial charge in [0.2, 0.25) is 0 Å². The summed E-state index contributed by atoms with van der Waals surface area (Å²) in [5.74, 6) is 1.53. The third kappa shape index (κ3) is 4.69. The van der Waals surface area contributed by atoms with E-state index in [0.29, 0.717) is 29.6 Å². The van der Waals surface area contributed by atoms with Crippen molar-refractivity contribution in [2.75, 3.05) is 32.0 Å². The molecule has 0 aromatic heterocycles. The summed E-state index contributed by atoms with van der Waals surface area (Å²) in [4.78, 5) is 2.36. The van der Waals surface area contributed by atoms with Crippen molar-refractivity contribution in [3.8, 4) is 11.5 Å². The molecule has 1 atom stereocenters. The van der Waals surface area contributed by atoms with Crippen LogP contribution in [0, 0.1) is 0 Å². The zero-order valence-electron chi connectivity index (χ0n) is 14.6. The molecule has 1 aliphatic rings. The average Bonchev–Trinajstić information content (AvgIpc) is 2.65. The molecule has 2 aromatic rings. The maximum absolute atomic E-state index is 12.5. The second-order valence-corrected chi connectivity index (χ2v) is 8.71. The summed E-state index contributed by atoms with van der Waals surface area (Å²) in [5, 5.41) is 0.522. The van der Waals surface area contributed by atoms with E-state index in [1.807, 2.05) is 31.2 Å². The molecule has 1 aliphatic heterocycles. The summed E-state index contributed by atoms with van der Waals surface area (Å²) >= 11 is 5.83. The van der Waals surface area contributed by atoms with E-state index < -0.39 is 9.84 Å². The van der Waals surface area contributed by atoms with Crippen LogP contribution in [0.25, 0.3) is 0 Å². The molecule has 0 radical (unpaired) electrons. The third-order valence-corrected chi connectivity index (χ3v) is 6.29. The Balaban J connectivity index is 1.57. The molecule has 3 rings (SSSR count).